The predicted molar refractivity (Wildman–Crippen MR) is 69.2 cm³/mol. The molecule has 0 spiro atoms. The Balaban J connectivity index is 1.75. The number of aromatic nitrogens is 1. The topological polar surface area (TPSA) is 43.3 Å². The van der Waals surface area contributed by atoms with Crippen molar-refractivity contribution in [2.45, 2.75) is 6.54 Å². The third-order valence-electron chi connectivity index (χ3n) is 2.63. The van der Waals surface area contributed by atoms with E-state index in [1.54, 1.807) is 0 Å². The van der Waals surface area contributed by atoms with Crippen molar-refractivity contribution in [3.05, 3.63) is 54.4 Å². The van der Waals surface area contributed by atoms with Crippen molar-refractivity contribution in [2.24, 2.45) is 7.05 Å². The molecule has 1 heterocycles. The SMILES string of the molecule is Cn1cccc1CNC(=O)COc1ccccc1. The number of nitrogens with zero attached hydrogens (tertiary/aromatic N) is 1. The fraction of sp³-hybridized carbons (Fsp3) is 0.214. The van der Waals surface area contributed by atoms with E-state index in [1.807, 2.05) is 60.3 Å². The van der Waals surface area contributed by atoms with E-state index in [1.165, 1.54) is 0 Å². The van der Waals surface area contributed by atoms with Gasteiger partial charge in [0.2, 0.25) is 0 Å². The molecule has 0 fully saturated rings. The van der Waals surface area contributed by atoms with Crippen LogP contribution in [0.3, 0.4) is 0 Å². The first-order valence-corrected chi connectivity index (χ1v) is 5.80. The Morgan fingerprint density at radius 3 is 2.67 bits per heavy atom. The van der Waals surface area contributed by atoms with Crippen LogP contribution >= 0.6 is 0 Å². The minimum atomic E-state index is -0.125. The molecule has 0 bridgehead atoms. The fourth-order valence-corrected chi connectivity index (χ4v) is 1.59. The average Bonchev–Trinajstić information content (AvgIpc) is 2.81. The minimum absolute atomic E-state index is 0.0361. The highest BCUT2D eigenvalue weighted by Crippen LogP contribution is 2.07. The van der Waals surface area contributed by atoms with Gasteiger partial charge in [0.05, 0.1) is 6.54 Å². The van der Waals surface area contributed by atoms with Crippen LogP contribution in [0.2, 0.25) is 0 Å². The van der Waals surface area contributed by atoms with Crippen LogP contribution in [0.5, 0.6) is 5.75 Å². The molecular formula is C14H16N2O2. The number of carbonyl (C=O) groups excluding carboxylic acids is 1. The van der Waals surface area contributed by atoms with Crippen LogP contribution < -0.4 is 10.1 Å². The lowest BCUT2D eigenvalue weighted by Gasteiger charge is -2.08. The van der Waals surface area contributed by atoms with Crippen molar-refractivity contribution in [1.29, 1.82) is 0 Å². The Hall–Kier alpha value is -2.23. The Kier molecular flexibility index (Phi) is 4.02. The second-order valence-electron chi connectivity index (χ2n) is 3.99. The maximum Gasteiger partial charge on any atom is 0.258 e. The maximum absolute atomic E-state index is 11.6. The third kappa shape index (κ3) is 3.38. The van der Waals surface area contributed by atoms with Crippen LogP contribution in [0.25, 0.3) is 0 Å². The quantitative estimate of drug-likeness (QED) is 0.870. The molecule has 2 aromatic rings. The Morgan fingerprint density at radius 1 is 1.22 bits per heavy atom. The van der Waals surface area contributed by atoms with Gasteiger partial charge in [-0.1, -0.05) is 18.2 Å². The van der Waals surface area contributed by atoms with Gasteiger partial charge in [-0.3, -0.25) is 4.79 Å². The van der Waals surface area contributed by atoms with Gasteiger partial charge < -0.3 is 14.6 Å². The smallest absolute Gasteiger partial charge is 0.258 e. The van der Waals surface area contributed by atoms with E-state index in [2.05, 4.69) is 5.32 Å². The summed E-state index contributed by atoms with van der Waals surface area (Å²) in [5.74, 6) is 0.576. The monoisotopic (exact) mass is 244 g/mol. The van der Waals surface area contributed by atoms with E-state index in [0.717, 1.165) is 5.69 Å². The summed E-state index contributed by atoms with van der Waals surface area (Å²) in [5, 5.41) is 2.81. The number of hydrogen-bond donors (Lipinski definition) is 1. The molecule has 4 nitrogen and oxygen atoms in total. The lowest BCUT2D eigenvalue weighted by Crippen LogP contribution is -2.29. The van der Waals surface area contributed by atoms with Crippen LogP contribution in [-0.4, -0.2) is 17.1 Å². The van der Waals surface area contributed by atoms with Crippen LogP contribution in [0.1, 0.15) is 5.69 Å². The molecule has 0 unspecified atom stereocenters. The van der Waals surface area contributed by atoms with E-state index >= 15 is 0 Å². The number of aryl methyl sites for hydroxylation is 1. The maximum atomic E-state index is 11.6. The molecule has 0 aliphatic carbocycles. The zero-order valence-corrected chi connectivity index (χ0v) is 10.3. The number of hydrogen-bond acceptors (Lipinski definition) is 2. The van der Waals surface area contributed by atoms with Crippen molar-refractivity contribution in [3.8, 4) is 5.75 Å². The zero-order chi connectivity index (χ0) is 12.8. The summed E-state index contributed by atoms with van der Waals surface area (Å²) in [5.41, 5.74) is 1.06. The molecule has 1 N–H and O–H groups in total. The third-order valence-corrected chi connectivity index (χ3v) is 2.63. The molecule has 0 saturated heterocycles. The fourth-order valence-electron chi connectivity index (χ4n) is 1.59. The number of para-hydroxylation sites is 1. The lowest BCUT2D eigenvalue weighted by molar-refractivity contribution is -0.123. The minimum Gasteiger partial charge on any atom is -0.484 e. The van der Waals surface area contributed by atoms with E-state index in [9.17, 15) is 4.79 Å². The summed E-state index contributed by atoms with van der Waals surface area (Å²) in [6.07, 6.45) is 1.95. The Morgan fingerprint density at radius 2 is 2.00 bits per heavy atom. The molecule has 0 radical (unpaired) electrons. The molecule has 1 amide bonds. The Bertz CT molecular complexity index is 506. The summed E-state index contributed by atoms with van der Waals surface area (Å²) in [6, 6.07) is 13.2. The van der Waals surface area contributed by atoms with Gasteiger partial charge in [-0.05, 0) is 24.3 Å². The molecule has 0 saturated carbocycles. The van der Waals surface area contributed by atoms with E-state index < -0.39 is 0 Å². The summed E-state index contributed by atoms with van der Waals surface area (Å²) < 4.78 is 7.32. The lowest BCUT2D eigenvalue weighted by atomic mass is 10.3. The molecule has 2 rings (SSSR count). The molecule has 1 aromatic carbocycles. The van der Waals surface area contributed by atoms with Gasteiger partial charge in [0, 0.05) is 18.9 Å². The van der Waals surface area contributed by atoms with Gasteiger partial charge in [0.15, 0.2) is 6.61 Å². The van der Waals surface area contributed by atoms with Crippen molar-refractivity contribution < 1.29 is 9.53 Å². The van der Waals surface area contributed by atoms with E-state index in [0.29, 0.717) is 12.3 Å². The summed E-state index contributed by atoms with van der Waals surface area (Å²) in [7, 11) is 1.95. The molecule has 0 atom stereocenters. The Labute approximate surface area is 106 Å². The standard InChI is InChI=1S/C14H16N2O2/c1-16-9-5-6-12(16)10-15-14(17)11-18-13-7-3-2-4-8-13/h2-9H,10-11H2,1H3,(H,15,17). The van der Waals surface area contributed by atoms with Crippen molar-refractivity contribution in [2.75, 3.05) is 6.61 Å². The highest BCUT2D eigenvalue weighted by atomic mass is 16.5. The molecule has 0 aliphatic heterocycles. The molecule has 4 heteroatoms. The van der Waals surface area contributed by atoms with Gasteiger partial charge in [-0.2, -0.15) is 0 Å². The van der Waals surface area contributed by atoms with Gasteiger partial charge in [-0.25, -0.2) is 0 Å². The normalized spacial score (nSPS) is 10.1. The van der Waals surface area contributed by atoms with E-state index in [-0.39, 0.29) is 12.5 Å². The summed E-state index contributed by atoms with van der Waals surface area (Å²) in [4.78, 5) is 11.6. The molecule has 1 aromatic heterocycles. The van der Waals surface area contributed by atoms with Crippen LogP contribution in [-0.2, 0) is 18.4 Å². The summed E-state index contributed by atoms with van der Waals surface area (Å²) in [6.45, 7) is 0.551. The highest BCUT2D eigenvalue weighted by Gasteiger charge is 2.03. The van der Waals surface area contributed by atoms with Crippen LogP contribution in [0, 0.1) is 0 Å². The van der Waals surface area contributed by atoms with Gasteiger partial charge >= 0.3 is 0 Å². The second kappa shape index (κ2) is 5.91. The number of rotatable bonds is 5. The van der Waals surface area contributed by atoms with Gasteiger partial charge in [0.25, 0.3) is 5.91 Å². The number of nitrogens with one attached hydrogen (secondary N) is 1. The summed E-state index contributed by atoms with van der Waals surface area (Å²) >= 11 is 0. The van der Waals surface area contributed by atoms with Gasteiger partial charge in [-0.15, -0.1) is 0 Å². The second-order valence-corrected chi connectivity index (χ2v) is 3.99. The van der Waals surface area contributed by atoms with E-state index in [4.69, 9.17) is 4.74 Å². The van der Waals surface area contributed by atoms with Crippen molar-refractivity contribution in [1.82, 2.24) is 9.88 Å². The van der Waals surface area contributed by atoms with Crippen LogP contribution in [0.4, 0.5) is 0 Å². The van der Waals surface area contributed by atoms with Gasteiger partial charge in [0.1, 0.15) is 5.75 Å². The highest BCUT2D eigenvalue weighted by molar-refractivity contribution is 5.77. The zero-order valence-electron chi connectivity index (χ0n) is 10.3. The largest absolute Gasteiger partial charge is 0.484 e. The first-order valence-electron chi connectivity index (χ1n) is 5.80. The van der Waals surface area contributed by atoms with Crippen molar-refractivity contribution in [3.63, 3.8) is 0 Å². The first kappa shape index (κ1) is 12.2. The van der Waals surface area contributed by atoms with Crippen molar-refractivity contribution >= 4 is 5.91 Å². The molecular weight excluding hydrogens is 228 g/mol. The van der Waals surface area contributed by atoms with Crippen LogP contribution in [0.15, 0.2) is 48.7 Å². The molecule has 18 heavy (non-hydrogen) atoms. The molecule has 94 valence electrons. The number of ether oxygens (including phenoxy) is 1. The first-order chi connectivity index (χ1) is 8.75. The number of amides is 1. The number of carbonyl (C=O) groups is 1. The number of benzene rings is 1. The molecule has 0 aliphatic rings. The average molecular weight is 244 g/mol. The predicted octanol–water partition coefficient (Wildman–Crippen LogP) is 1.72.